The largest absolute Gasteiger partial charge is 0.493 e. The van der Waals surface area contributed by atoms with E-state index in [1.807, 2.05) is 26.0 Å². The second-order valence-corrected chi connectivity index (χ2v) is 5.81. The maximum absolute atomic E-state index is 12.4. The van der Waals surface area contributed by atoms with Gasteiger partial charge < -0.3 is 19.2 Å². The fourth-order valence-corrected chi connectivity index (χ4v) is 2.36. The number of ether oxygens (including phenoxy) is 2. The summed E-state index contributed by atoms with van der Waals surface area (Å²) in [7, 11) is 1.57. The number of hydrogen-bond donors (Lipinski definition) is 1. The van der Waals surface area contributed by atoms with Crippen molar-refractivity contribution in [1.82, 2.24) is 9.97 Å². The Hall–Kier alpha value is -3.35. The van der Waals surface area contributed by atoms with Crippen LogP contribution in [0, 0.1) is 0 Å². The molecule has 1 aromatic carbocycles. The molecule has 134 valence electrons. The molecule has 0 saturated carbocycles. The summed E-state index contributed by atoms with van der Waals surface area (Å²) >= 11 is 0. The number of amides is 1. The second-order valence-electron chi connectivity index (χ2n) is 5.81. The zero-order valence-electron chi connectivity index (χ0n) is 14.7. The van der Waals surface area contributed by atoms with Crippen LogP contribution in [-0.4, -0.2) is 23.0 Å². The third-order valence-electron chi connectivity index (χ3n) is 3.61. The van der Waals surface area contributed by atoms with Gasteiger partial charge in [0.25, 0.3) is 5.91 Å². The van der Waals surface area contributed by atoms with Crippen molar-refractivity contribution >= 4 is 11.6 Å². The molecule has 7 nitrogen and oxygen atoms in total. The lowest BCUT2D eigenvalue weighted by Gasteiger charge is -2.10. The number of methoxy groups -OCH3 is 1. The van der Waals surface area contributed by atoms with Crippen LogP contribution in [0.1, 0.15) is 36.0 Å². The number of carbonyl (C=O) groups is 1. The standard InChI is InChI=1S/C19H19N3O4/c1-12(2)18-17(21-11-25-18)19(23)22-13-8-9-16(20-10-13)26-15-7-5-4-6-14(15)24-3/h4-12H,1-3H3,(H,22,23). The summed E-state index contributed by atoms with van der Waals surface area (Å²) in [5.41, 5.74) is 0.800. The summed E-state index contributed by atoms with van der Waals surface area (Å²) in [6.07, 6.45) is 2.78. The zero-order valence-corrected chi connectivity index (χ0v) is 14.7. The van der Waals surface area contributed by atoms with E-state index in [9.17, 15) is 4.79 Å². The Bertz CT molecular complexity index is 888. The van der Waals surface area contributed by atoms with Crippen LogP contribution in [0.5, 0.6) is 17.4 Å². The maximum Gasteiger partial charge on any atom is 0.277 e. The molecule has 3 rings (SSSR count). The summed E-state index contributed by atoms with van der Waals surface area (Å²) in [6.45, 7) is 3.87. The number of oxazole rings is 1. The lowest BCUT2D eigenvalue weighted by molar-refractivity contribution is 0.102. The highest BCUT2D eigenvalue weighted by Gasteiger charge is 2.19. The minimum absolute atomic E-state index is 0.0630. The first-order chi connectivity index (χ1) is 12.6. The number of aromatic nitrogens is 2. The molecule has 0 aliphatic carbocycles. The SMILES string of the molecule is COc1ccccc1Oc1ccc(NC(=O)c2ncoc2C(C)C)cn1. The molecule has 1 N–H and O–H groups in total. The van der Waals surface area contributed by atoms with E-state index in [4.69, 9.17) is 13.9 Å². The summed E-state index contributed by atoms with van der Waals surface area (Å²) in [5.74, 6) is 1.82. The molecule has 0 spiro atoms. The Labute approximate surface area is 151 Å². The van der Waals surface area contributed by atoms with Crippen LogP contribution in [0.15, 0.2) is 53.4 Å². The normalized spacial score (nSPS) is 10.6. The molecule has 0 unspecified atom stereocenters. The maximum atomic E-state index is 12.4. The summed E-state index contributed by atoms with van der Waals surface area (Å²) < 4.78 is 16.2. The van der Waals surface area contributed by atoms with E-state index < -0.39 is 0 Å². The van der Waals surface area contributed by atoms with Crippen LogP contribution in [0.25, 0.3) is 0 Å². The minimum Gasteiger partial charge on any atom is -0.493 e. The molecule has 3 aromatic rings. The van der Waals surface area contributed by atoms with Gasteiger partial charge in [0.2, 0.25) is 5.88 Å². The Morgan fingerprint density at radius 2 is 1.88 bits per heavy atom. The van der Waals surface area contributed by atoms with Gasteiger partial charge in [-0.05, 0) is 18.2 Å². The fourth-order valence-electron chi connectivity index (χ4n) is 2.36. The van der Waals surface area contributed by atoms with Crippen LogP contribution in [0.2, 0.25) is 0 Å². The lowest BCUT2D eigenvalue weighted by Crippen LogP contribution is -2.14. The molecule has 2 heterocycles. The smallest absolute Gasteiger partial charge is 0.277 e. The van der Waals surface area contributed by atoms with E-state index in [-0.39, 0.29) is 17.5 Å². The number of benzene rings is 1. The first kappa shape index (κ1) is 17.5. The Morgan fingerprint density at radius 3 is 2.54 bits per heavy atom. The van der Waals surface area contributed by atoms with Crippen molar-refractivity contribution in [2.24, 2.45) is 0 Å². The van der Waals surface area contributed by atoms with Gasteiger partial charge in [0.15, 0.2) is 23.6 Å². The quantitative estimate of drug-likeness (QED) is 0.713. The van der Waals surface area contributed by atoms with Crippen molar-refractivity contribution < 1.29 is 18.7 Å². The molecule has 1 amide bonds. The van der Waals surface area contributed by atoms with Crippen LogP contribution in [-0.2, 0) is 0 Å². The van der Waals surface area contributed by atoms with Gasteiger partial charge in [0, 0.05) is 12.0 Å². The first-order valence-corrected chi connectivity index (χ1v) is 8.10. The minimum atomic E-state index is -0.345. The molecule has 0 bridgehead atoms. The number of para-hydroxylation sites is 2. The predicted molar refractivity (Wildman–Crippen MR) is 95.9 cm³/mol. The monoisotopic (exact) mass is 353 g/mol. The average molecular weight is 353 g/mol. The molecule has 0 radical (unpaired) electrons. The topological polar surface area (TPSA) is 86.5 Å². The molecule has 7 heteroatoms. The molecule has 2 aromatic heterocycles. The van der Waals surface area contributed by atoms with Crippen molar-refractivity contribution in [1.29, 1.82) is 0 Å². The summed E-state index contributed by atoms with van der Waals surface area (Å²) in [4.78, 5) is 20.5. The highest BCUT2D eigenvalue weighted by Crippen LogP contribution is 2.30. The molecule has 0 saturated heterocycles. The average Bonchev–Trinajstić information content (AvgIpc) is 3.14. The number of carbonyl (C=O) groups excluding carboxylic acids is 1. The summed E-state index contributed by atoms with van der Waals surface area (Å²) in [6, 6.07) is 10.6. The zero-order chi connectivity index (χ0) is 18.5. The Kier molecular flexibility index (Phi) is 5.17. The van der Waals surface area contributed by atoms with Gasteiger partial charge in [-0.1, -0.05) is 26.0 Å². The highest BCUT2D eigenvalue weighted by atomic mass is 16.5. The van der Waals surface area contributed by atoms with Gasteiger partial charge in [-0.3, -0.25) is 4.79 Å². The van der Waals surface area contributed by atoms with E-state index >= 15 is 0 Å². The van der Waals surface area contributed by atoms with Crippen molar-refractivity contribution in [3.05, 3.63) is 60.4 Å². The van der Waals surface area contributed by atoms with Gasteiger partial charge in [-0.15, -0.1) is 0 Å². The van der Waals surface area contributed by atoms with Crippen LogP contribution < -0.4 is 14.8 Å². The Balaban J connectivity index is 1.70. The Morgan fingerprint density at radius 1 is 1.12 bits per heavy atom. The number of rotatable bonds is 6. The van der Waals surface area contributed by atoms with E-state index in [0.29, 0.717) is 28.8 Å². The van der Waals surface area contributed by atoms with Gasteiger partial charge in [0.05, 0.1) is 19.0 Å². The van der Waals surface area contributed by atoms with E-state index in [1.165, 1.54) is 12.6 Å². The van der Waals surface area contributed by atoms with E-state index in [0.717, 1.165) is 0 Å². The first-order valence-electron chi connectivity index (χ1n) is 8.10. The van der Waals surface area contributed by atoms with Crippen molar-refractivity contribution in [3.63, 3.8) is 0 Å². The third kappa shape index (κ3) is 3.83. The number of pyridine rings is 1. The van der Waals surface area contributed by atoms with Crippen molar-refractivity contribution in [2.75, 3.05) is 12.4 Å². The molecule has 0 fully saturated rings. The molecular weight excluding hydrogens is 334 g/mol. The third-order valence-corrected chi connectivity index (χ3v) is 3.61. The lowest BCUT2D eigenvalue weighted by atomic mass is 10.1. The van der Waals surface area contributed by atoms with E-state index in [1.54, 1.807) is 31.4 Å². The van der Waals surface area contributed by atoms with Gasteiger partial charge in [-0.25, -0.2) is 9.97 Å². The number of anilines is 1. The molecule has 0 atom stereocenters. The van der Waals surface area contributed by atoms with E-state index in [2.05, 4.69) is 15.3 Å². The van der Waals surface area contributed by atoms with Crippen LogP contribution >= 0.6 is 0 Å². The van der Waals surface area contributed by atoms with Crippen LogP contribution in [0.3, 0.4) is 0 Å². The highest BCUT2D eigenvalue weighted by molar-refractivity contribution is 6.03. The number of nitrogens with one attached hydrogen (secondary N) is 1. The number of hydrogen-bond acceptors (Lipinski definition) is 6. The molecule has 26 heavy (non-hydrogen) atoms. The predicted octanol–water partition coefficient (Wildman–Crippen LogP) is 4.25. The summed E-state index contributed by atoms with van der Waals surface area (Å²) in [5, 5.41) is 2.75. The van der Waals surface area contributed by atoms with Crippen LogP contribution in [0.4, 0.5) is 5.69 Å². The molecule has 0 aliphatic rings. The fraction of sp³-hybridized carbons (Fsp3) is 0.211. The second kappa shape index (κ2) is 7.69. The van der Waals surface area contributed by atoms with Crippen molar-refractivity contribution in [3.8, 4) is 17.4 Å². The van der Waals surface area contributed by atoms with Gasteiger partial charge >= 0.3 is 0 Å². The molecular formula is C19H19N3O4. The molecule has 0 aliphatic heterocycles. The number of nitrogens with zero attached hydrogens (tertiary/aromatic N) is 2. The van der Waals surface area contributed by atoms with Crippen molar-refractivity contribution in [2.45, 2.75) is 19.8 Å². The van der Waals surface area contributed by atoms with Gasteiger partial charge in [0.1, 0.15) is 5.76 Å². The van der Waals surface area contributed by atoms with Gasteiger partial charge in [-0.2, -0.15) is 0 Å².